The van der Waals surface area contributed by atoms with Crippen molar-refractivity contribution >= 4 is 21.4 Å². The molecule has 0 saturated carbocycles. The number of anilines is 1. The van der Waals surface area contributed by atoms with E-state index in [2.05, 4.69) is 0 Å². The normalized spacial score (nSPS) is 11.8. The van der Waals surface area contributed by atoms with Crippen molar-refractivity contribution in [1.82, 2.24) is 4.31 Å². The second kappa shape index (κ2) is 5.54. The van der Waals surface area contributed by atoms with Gasteiger partial charge in [0.25, 0.3) is 5.69 Å². The van der Waals surface area contributed by atoms with Gasteiger partial charge in [-0.2, -0.15) is 4.31 Å². The van der Waals surface area contributed by atoms with Crippen molar-refractivity contribution in [3.63, 3.8) is 0 Å². The van der Waals surface area contributed by atoms with E-state index in [0.717, 1.165) is 6.07 Å². The average molecular weight is 287 g/mol. The molecule has 7 nitrogen and oxygen atoms in total. The van der Waals surface area contributed by atoms with Gasteiger partial charge >= 0.3 is 0 Å². The molecule has 1 aromatic rings. The molecule has 1 aromatic carbocycles. The molecule has 0 amide bonds. The van der Waals surface area contributed by atoms with Crippen LogP contribution in [0, 0.1) is 17.0 Å². The van der Waals surface area contributed by atoms with Crippen LogP contribution in [0.15, 0.2) is 17.0 Å². The number of rotatable bonds is 5. The summed E-state index contributed by atoms with van der Waals surface area (Å²) in [4.78, 5) is 10.1. The van der Waals surface area contributed by atoms with E-state index in [0.29, 0.717) is 18.7 Å². The molecule has 2 N–H and O–H groups in total. The maximum absolute atomic E-state index is 12.4. The Morgan fingerprint density at radius 1 is 1.32 bits per heavy atom. The molecule has 106 valence electrons. The number of hydrogen-bond acceptors (Lipinski definition) is 5. The summed E-state index contributed by atoms with van der Waals surface area (Å²) >= 11 is 0. The van der Waals surface area contributed by atoms with Crippen molar-refractivity contribution < 1.29 is 13.3 Å². The molecule has 0 atom stereocenters. The van der Waals surface area contributed by atoms with Crippen molar-refractivity contribution in [2.24, 2.45) is 0 Å². The number of nitro groups is 1. The molecule has 19 heavy (non-hydrogen) atoms. The van der Waals surface area contributed by atoms with Gasteiger partial charge < -0.3 is 5.73 Å². The summed E-state index contributed by atoms with van der Waals surface area (Å²) < 4.78 is 26.0. The number of nitrogen functional groups attached to an aromatic ring is 1. The molecule has 0 aliphatic carbocycles. The van der Waals surface area contributed by atoms with E-state index in [-0.39, 0.29) is 10.6 Å². The second-order valence-corrected chi connectivity index (χ2v) is 5.93. The van der Waals surface area contributed by atoms with Gasteiger partial charge in [0.15, 0.2) is 0 Å². The van der Waals surface area contributed by atoms with Crippen molar-refractivity contribution in [2.45, 2.75) is 25.7 Å². The fourth-order valence-electron chi connectivity index (χ4n) is 1.84. The first-order chi connectivity index (χ1) is 8.75. The number of nitrogens with zero attached hydrogens (tertiary/aromatic N) is 2. The van der Waals surface area contributed by atoms with Gasteiger partial charge in [-0.05, 0) is 18.6 Å². The van der Waals surface area contributed by atoms with Gasteiger partial charge in [-0.3, -0.25) is 10.1 Å². The largest absolute Gasteiger partial charge is 0.393 e. The molecule has 0 bridgehead atoms. The summed E-state index contributed by atoms with van der Waals surface area (Å²) in [6.45, 7) is 5.59. The minimum Gasteiger partial charge on any atom is -0.393 e. The van der Waals surface area contributed by atoms with E-state index in [1.54, 1.807) is 20.8 Å². The third kappa shape index (κ3) is 2.85. The molecule has 0 aliphatic heterocycles. The first-order valence-corrected chi connectivity index (χ1v) is 7.24. The quantitative estimate of drug-likeness (QED) is 0.502. The molecule has 8 heteroatoms. The first-order valence-electron chi connectivity index (χ1n) is 5.80. The Bertz CT molecular complexity index is 594. The molecular weight excluding hydrogens is 270 g/mol. The molecule has 0 radical (unpaired) electrons. The van der Waals surface area contributed by atoms with Gasteiger partial charge in [0.1, 0.15) is 5.69 Å². The zero-order valence-corrected chi connectivity index (χ0v) is 11.9. The summed E-state index contributed by atoms with van der Waals surface area (Å²) in [5.41, 5.74) is 5.49. The van der Waals surface area contributed by atoms with Crippen LogP contribution in [-0.4, -0.2) is 30.7 Å². The number of sulfonamides is 1. The number of nitro benzene ring substituents is 1. The Labute approximate surface area is 112 Å². The average Bonchev–Trinajstić information content (AvgIpc) is 2.29. The zero-order chi connectivity index (χ0) is 14.8. The van der Waals surface area contributed by atoms with E-state index in [1.807, 2.05) is 0 Å². The molecule has 0 saturated heterocycles. The van der Waals surface area contributed by atoms with Gasteiger partial charge in [0, 0.05) is 19.2 Å². The molecule has 0 aliphatic rings. The fraction of sp³-hybridized carbons (Fsp3) is 0.455. The molecule has 0 heterocycles. The predicted octanol–water partition coefficient (Wildman–Crippen LogP) is 1.52. The van der Waals surface area contributed by atoms with Gasteiger partial charge in [-0.25, -0.2) is 8.42 Å². The van der Waals surface area contributed by atoms with E-state index in [4.69, 9.17) is 5.73 Å². The van der Waals surface area contributed by atoms with Crippen LogP contribution in [0.25, 0.3) is 0 Å². The van der Waals surface area contributed by atoms with E-state index in [9.17, 15) is 18.5 Å². The lowest BCUT2D eigenvalue weighted by Crippen LogP contribution is -2.31. The summed E-state index contributed by atoms with van der Waals surface area (Å²) in [5.74, 6) is 0. The highest BCUT2D eigenvalue weighted by Gasteiger charge is 2.27. The molecular formula is C11H17N3O4S. The predicted molar refractivity (Wildman–Crippen MR) is 72.4 cm³/mol. The van der Waals surface area contributed by atoms with Crippen LogP contribution in [0.1, 0.15) is 19.4 Å². The number of nitrogens with two attached hydrogens (primary N) is 1. The van der Waals surface area contributed by atoms with E-state index in [1.165, 1.54) is 10.4 Å². The topological polar surface area (TPSA) is 107 Å². The summed E-state index contributed by atoms with van der Waals surface area (Å²) in [6, 6.07) is 2.34. The van der Waals surface area contributed by atoms with Crippen molar-refractivity contribution in [3.8, 4) is 0 Å². The number of aryl methyl sites for hydroxylation is 1. The first kappa shape index (κ1) is 15.4. The van der Waals surface area contributed by atoms with Crippen LogP contribution in [-0.2, 0) is 10.0 Å². The smallest absolute Gasteiger partial charge is 0.293 e. The standard InChI is InChI=1S/C11H17N3O4S/c1-4-13(5-2)19(17,18)11-7-10(14(15)16)9(12)6-8(11)3/h6-7H,4-5,12H2,1-3H3. The lowest BCUT2D eigenvalue weighted by atomic mass is 10.2. The highest BCUT2D eigenvalue weighted by Crippen LogP contribution is 2.29. The number of hydrogen-bond donors (Lipinski definition) is 1. The van der Waals surface area contributed by atoms with Crippen molar-refractivity contribution in [1.29, 1.82) is 0 Å². The molecule has 0 unspecified atom stereocenters. The maximum Gasteiger partial charge on any atom is 0.293 e. The molecule has 1 rings (SSSR count). The van der Waals surface area contributed by atoms with Crippen LogP contribution in [0.4, 0.5) is 11.4 Å². The third-order valence-electron chi connectivity index (χ3n) is 2.84. The van der Waals surface area contributed by atoms with Crippen molar-refractivity contribution in [2.75, 3.05) is 18.8 Å². The lowest BCUT2D eigenvalue weighted by molar-refractivity contribution is -0.384. The maximum atomic E-state index is 12.4. The Hall–Kier alpha value is -1.67. The highest BCUT2D eigenvalue weighted by molar-refractivity contribution is 7.89. The van der Waals surface area contributed by atoms with Gasteiger partial charge in [-0.1, -0.05) is 13.8 Å². The number of benzene rings is 1. The fourth-order valence-corrected chi connectivity index (χ4v) is 3.52. The van der Waals surface area contributed by atoms with Gasteiger partial charge in [-0.15, -0.1) is 0 Å². The molecule has 0 fully saturated rings. The minimum atomic E-state index is -3.73. The van der Waals surface area contributed by atoms with Crippen LogP contribution in [0.3, 0.4) is 0 Å². The minimum absolute atomic E-state index is 0.0407. The third-order valence-corrected chi connectivity index (χ3v) is 5.04. The zero-order valence-electron chi connectivity index (χ0n) is 11.1. The van der Waals surface area contributed by atoms with Crippen LogP contribution in [0.5, 0.6) is 0 Å². The molecule has 0 aromatic heterocycles. The SMILES string of the molecule is CCN(CC)S(=O)(=O)c1cc([N+](=O)[O-])c(N)cc1C. The lowest BCUT2D eigenvalue weighted by Gasteiger charge is -2.19. The Morgan fingerprint density at radius 3 is 2.26 bits per heavy atom. The second-order valence-electron chi connectivity index (χ2n) is 4.02. The van der Waals surface area contributed by atoms with Gasteiger partial charge in [0.05, 0.1) is 9.82 Å². The van der Waals surface area contributed by atoms with Crippen molar-refractivity contribution in [3.05, 3.63) is 27.8 Å². The Morgan fingerprint density at radius 2 is 1.84 bits per heavy atom. The van der Waals surface area contributed by atoms with E-state index >= 15 is 0 Å². The van der Waals surface area contributed by atoms with Crippen LogP contribution in [0.2, 0.25) is 0 Å². The summed E-state index contributed by atoms with van der Waals surface area (Å²) in [6.07, 6.45) is 0. The highest BCUT2D eigenvalue weighted by atomic mass is 32.2. The monoisotopic (exact) mass is 287 g/mol. The summed E-state index contributed by atoms with van der Waals surface area (Å²) in [7, 11) is -3.73. The van der Waals surface area contributed by atoms with Crippen LogP contribution >= 0.6 is 0 Å². The van der Waals surface area contributed by atoms with E-state index < -0.39 is 20.6 Å². The Balaban J connectivity index is 3.51. The molecule has 0 spiro atoms. The van der Waals surface area contributed by atoms with Gasteiger partial charge in [0.2, 0.25) is 10.0 Å². The van der Waals surface area contributed by atoms with Crippen LogP contribution < -0.4 is 5.73 Å². The summed E-state index contributed by atoms with van der Waals surface area (Å²) in [5, 5.41) is 10.8. The Kier molecular flexibility index (Phi) is 4.48.